The summed E-state index contributed by atoms with van der Waals surface area (Å²) < 4.78 is 47.7. The van der Waals surface area contributed by atoms with Gasteiger partial charge in [-0.15, -0.1) is 0 Å². The van der Waals surface area contributed by atoms with E-state index in [1.54, 1.807) is 12.1 Å². The van der Waals surface area contributed by atoms with Crippen LogP contribution in [0.1, 0.15) is 24.2 Å². The number of para-hydroxylation sites is 1. The van der Waals surface area contributed by atoms with Gasteiger partial charge < -0.3 is 4.42 Å². The van der Waals surface area contributed by atoms with Gasteiger partial charge in [-0.25, -0.2) is 17.8 Å². The second kappa shape index (κ2) is 8.94. The van der Waals surface area contributed by atoms with Crippen molar-refractivity contribution in [1.29, 1.82) is 0 Å². The van der Waals surface area contributed by atoms with E-state index in [0.717, 1.165) is 27.9 Å². The van der Waals surface area contributed by atoms with Gasteiger partial charge in [0, 0.05) is 6.54 Å². The van der Waals surface area contributed by atoms with Crippen LogP contribution in [-0.4, -0.2) is 36.2 Å². The number of sulfonamides is 1. The van der Waals surface area contributed by atoms with Gasteiger partial charge in [-0.2, -0.15) is 4.31 Å². The summed E-state index contributed by atoms with van der Waals surface area (Å²) in [5.41, 5.74) is 1.80. The maximum absolute atomic E-state index is 13.9. The normalized spacial score (nSPS) is 16.8. The number of aryl methyl sites for hydroxylation is 1. The fourth-order valence-corrected chi connectivity index (χ4v) is 6.88. The summed E-state index contributed by atoms with van der Waals surface area (Å²) in [5.74, 6) is -0.324. The number of thiazole rings is 1. The molecule has 5 rings (SSSR count). The van der Waals surface area contributed by atoms with Crippen molar-refractivity contribution in [3.63, 3.8) is 0 Å². The van der Waals surface area contributed by atoms with Gasteiger partial charge >= 0.3 is 0 Å². The standard InChI is InChI=1S/C24H22FN3O4S2/c1-16-5-2-8-21-22(16)26-24(33-21)27(15-18-6-4-14-32-18)23(29)20-7-3-13-28(20)34(30,31)19-11-9-17(25)10-12-19/h2,4-6,8-12,14,20H,3,7,13,15H2,1H3. The van der Waals surface area contributed by atoms with E-state index in [1.807, 2.05) is 25.1 Å². The van der Waals surface area contributed by atoms with Gasteiger partial charge in [-0.05, 0) is 67.8 Å². The predicted molar refractivity (Wildman–Crippen MR) is 128 cm³/mol. The van der Waals surface area contributed by atoms with Gasteiger partial charge in [0.05, 0.1) is 27.9 Å². The molecular formula is C24H22FN3O4S2. The van der Waals surface area contributed by atoms with Gasteiger partial charge in [0.15, 0.2) is 5.13 Å². The molecule has 1 amide bonds. The molecule has 0 saturated carbocycles. The largest absolute Gasteiger partial charge is 0.467 e. The van der Waals surface area contributed by atoms with Crippen molar-refractivity contribution < 1.29 is 22.0 Å². The molecule has 4 aromatic rings. The first-order valence-corrected chi connectivity index (χ1v) is 13.1. The van der Waals surface area contributed by atoms with E-state index in [9.17, 15) is 17.6 Å². The third kappa shape index (κ3) is 4.13. The van der Waals surface area contributed by atoms with Crippen molar-refractivity contribution in [2.24, 2.45) is 0 Å². The number of hydrogen-bond acceptors (Lipinski definition) is 6. The minimum atomic E-state index is -3.98. The molecule has 1 aliphatic rings. The summed E-state index contributed by atoms with van der Waals surface area (Å²) in [6, 6.07) is 13.1. The number of amides is 1. The zero-order valence-electron chi connectivity index (χ0n) is 18.3. The van der Waals surface area contributed by atoms with Gasteiger partial charge in [0.2, 0.25) is 15.9 Å². The molecule has 2 aromatic carbocycles. The van der Waals surface area contributed by atoms with Crippen molar-refractivity contribution in [3.05, 3.63) is 78.0 Å². The van der Waals surface area contributed by atoms with Crippen LogP contribution < -0.4 is 4.90 Å². The first kappa shape index (κ1) is 22.7. The molecule has 34 heavy (non-hydrogen) atoms. The van der Waals surface area contributed by atoms with Crippen LogP contribution >= 0.6 is 11.3 Å². The number of furan rings is 1. The topological polar surface area (TPSA) is 83.7 Å². The Labute approximate surface area is 200 Å². The first-order chi connectivity index (χ1) is 16.3. The van der Waals surface area contributed by atoms with Gasteiger partial charge in [-0.1, -0.05) is 23.5 Å². The highest BCUT2D eigenvalue weighted by Gasteiger charge is 2.42. The molecule has 1 saturated heterocycles. The molecule has 1 atom stereocenters. The second-order valence-corrected chi connectivity index (χ2v) is 11.0. The highest BCUT2D eigenvalue weighted by Crippen LogP contribution is 2.34. The Morgan fingerprint density at radius 1 is 1.21 bits per heavy atom. The number of carbonyl (C=O) groups is 1. The molecule has 0 aliphatic carbocycles. The van der Waals surface area contributed by atoms with E-state index in [2.05, 4.69) is 0 Å². The molecule has 2 aromatic heterocycles. The number of aromatic nitrogens is 1. The van der Waals surface area contributed by atoms with Crippen molar-refractivity contribution in [2.75, 3.05) is 11.4 Å². The Hall–Kier alpha value is -3.08. The molecule has 176 valence electrons. The lowest BCUT2D eigenvalue weighted by atomic mass is 10.2. The SMILES string of the molecule is Cc1cccc2sc(N(Cc3ccco3)C(=O)C3CCCN3S(=O)(=O)c3ccc(F)cc3)nc12. The van der Waals surface area contributed by atoms with E-state index in [1.165, 1.54) is 38.9 Å². The summed E-state index contributed by atoms with van der Waals surface area (Å²) in [5, 5.41) is 0.483. The lowest BCUT2D eigenvalue weighted by molar-refractivity contribution is -0.121. The van der Waals surface area contributed by atoms with Crippen molar-refractivity contribution >= 4 is 42.6 Å². The number of hydrogen-bond donors (Lipinski definition) is 0. The summed E-state index contributed by atoms with van der Waals surface area (Å²) in [4.78, 5) is 20.0. The Morgan fingerprint density at radius 2 is 2.00 bits per heavy atom. The minimum Gasteiger partial charge on any atom is -0.467 e. The van der Waals surface area contributed by atoms with Crippen molar-refractivity contribution in [1.82, 2.24) is 9.29 Å². The molecular weight excluding hydrogens is 477 g/mol. The Balaban J connectivity index is 1.52. The summed E-state index contributed by atoms with van der Waals surface area (Å²) in [6.07, 6.45) is 2.46. The summed E-state index contributed by atoms with van der Waals surface area (Å²) in [7, 11) is -3.98. The van der Waals surface area contributed by atoms with Crippen LogP contribution in [0.4, 0.5) is 9.52 Å². The molecule has 3 heterocycles. The number of carbonyl (C=O) groups excluding carboxylic acids is 1. The van der Waals surface area contributed by atoms with Gasteiger partial charge in [0.1, 0.15) is 17.6 Å². The zero-order chi connectivity index (χ0) is 23.9. The van der Waals surface area contributed by atoms with Crippen molar-refractivity contribution in [2.45, 2.75) is 37.2 Å². The van der Waals surface area contributed by atoms with Crippen LogP contribution in [0.25, 0.3) is 10.2 Å². The van der Waals surface area contributed by atoms with Crippen LogP contribution in [0.5, 0.6) is 0 Å². The van der Waals surface area contributed by atoms with Crippen LogP contribution in [0.2, 0.25) is 0 Å². The third-order valence-corrected chi connectivity index (χ3v) is 8.88. The Morgan fingerprint density at radius 3 is 2.71 bits per heavy atom. The van der Waals surface area contributed by atoms with Gasteiger partial charge in [-0.3, -0.25) is 9.69 Å². The third-order valence-electron chi connectivity index (χ3n) is 5.91. The smallest absolute Gasteiger partial charge is 0.247 e. The van der Waals surface area contributed by atoms with Crippen molar-refractivity contribution in [3.8, 4) is 0 Å². The van der Waals surface area contributed by atoms with Crippen LogP contribution in [0, 0.1) is 12.7 Å². The second-order valence-electron chi connectivity index (χ2n) is 8.15. The van der Waals surface area contributed by atoms with Crippen LogP contribution in [0.15, 0.2) is 70.2 Å². The zero-order valence-corrected chi connectivity index (χ0v) is 20.0. The molecule has 10 heteroatoms. The maximum atomic E-state index is 13.9. The molecule has 1 aliphatic heterocycles. The molecule has 0 radical (unpaired) electrons. The van der Waals surface area contributed by atoms with Crippen LogP contribution in [0.3, 0.4) is 0 Å². The van der Waals surface area contributed by atoms with E-state index in [-0.39, 0.29) is 23.9 Å². The maximum Gasteiger partial charge on any atom is 0.247 e. The highest BCUT2D eigenvalue weighted by atomic mass is 32.2. The van der Waals surface area contributed by atoms with E-state index in [0.29, 0.717) is 23.7 Å². The first-order valence-electron chi connectivity index (χ1n) is 10.8. The average molecular weight is 500 g/mol. The summed E-state index contributed by atoms with van der Waals surface area (Å²) >= 11 is 1.38. The van der Waals surface area contributed by atoms with Crippen LogP contribution in [-0.2, 0) is 21.4 Å². The molecule has 0 N–H and O–H groups in total. The molecule has 0 bridgehead atoms. The fraction of sp³-hybridized carbons (Fsp3) is 0.250. The fourth-order valence-electron chi connectivity index (χ4n) is 4.18. The number of nitrogens with zero attached hydrogens (tertiary/aromatic N) is 3. The lowest BCUT2D eigenvalue weighted by Gasteiger charge is -2.28. The number of anilines is 1. The number of benzene rings is 2. The van der Waals surface area contributed by atoms with E-state index >= 15 is 0 Å². The Bertz CT molecular complexity index is 1430. The predicted octanol–water partition coefficient (Wildman–Crippen LogP) is 4.72. The molecule has 1 fully saturated rings. The monoisotopic (exact) mass is 499 g/mol. The number of rotatable bonds is 6. The van der Waals surface area contributed by atoms with Gasteiger partial charge in [0.25, 0.3) is 0 Å². The number of halogens is 1. The van der Waals surface area contributed by atoms with E-state index in [4.69, 9.17) is 9.40 Å². The summed E-state index contributed by atoms with van der Waals surface area (Å²) in [6.45, 7) is 2.30. The average Bonchev–Trinajstić information content (AvgIpc) is 3.58. The number of fused-ring (bicyclic) bond motifs is 1. The highest BCUT2D eigenvalue weighted by molar-refractivity contribution is 7.89. The molecule has 7 nitrogen and oxygen atoms in total. The molecule has 0 spiro atoms. The quantitative estimate of drug-likeness (QED) is 0.383. The lowest BCUT2D eigenvalue weighted by Crippen LogP contribution is -2.47. The Kier molecular flexibility index (Phi) is 5.97. The van der Waals surface area contributed by atoms with E-state index < -0.39 is 21.9 Å². The molecule has 1 unspecified atom stereocenters. The minimum absolute atomic E-state index is 0.0400.